The quantitative estimate of drug-likeness (QED) is 0.917. The molecule has 1 heterocycles. The van der Waals surface area contributed by atoms with Gasteiger partial charge in [-0.25, -0.2) is 0 Å². The smallest absolute Gasteiger partial charge is 0.254 e. The van der Waals surface area contributed by atoms with Crippen LogP contribution in [0, 0.1) is 6.92 Å². The van der Waals surface area contributed by atoms with E-state index in [1.165, 1.54) is 0 Å². The number of benzene rings is 1. The van der Waals surface area contributed by atoms with Gasteiger partial charge in [0.1, 0.15) is 0 Å². The van der Waals surface area contributed by atoms with Crippen LogP contribution in [0.4, 0.5) is 5.69 Å². The van der Waals surface area contributed by atoms with E-state index in [2.05, 4.69) is 17.2 Å². The van der Waals surface area contributed by atoms with E-state index in [9.17, 15) is 4.79 Å². The molecular formula is C17H21N3O. The van der Waals surface area contributed by atoms with Crippen molar-refractivity contribution >= 4 is 11.6 Å². The second-order valence-electron chi connectivity index (χ2n) is 5.08. The fourth-order valence-electron chi connectivity index (χ4n) is 2.26. The van der Waals surface area contributed by atoms with E-state index in [1.807, 2.05) is 44.3 Å². The van der Waals surface area contributed by atoms with E-state index < -0.39 is 0 Å². The number of aromatic nitrogens is 1. The molecule has 0 radical (unpaired) electrons. The van der Waals surface area contributed by atoms with Crippen molar-refractivity contribution in [2.45, 2.75) is 20.4 Å². The molecule has 0 unspecified atom stereocenters. The van der Waals surface area contributed by atoms with Crippen molar-refractivity contribution in [1.29, 1.82) is 0 Å². The van der Waals surface area contributed by atoms with Crippen molar-refractivity contribution < 1.29 is 4.79 Å². The lowest BCUT2D eigenvalue weighted by atomic mass is 10.1. The largest absolute Gasteiger partial charge is 0.385 e. The molecule has 2 rings (SSSR count). The van der Waals surface area contributed by atoms with Gasteiger partial charge in [-0.1, -0.05) is 0 Å². The summed E-state index contributed by atoms with van der Waals surface area (Å²) in [5.41, 5.74) is 3.85. The molecule has 0 aliphatic carbocycles. The van der Waals surface area contributed by atoms with Crippen molar-refractivity contribution in [3.63, 3.8) is 0 Å². The lowest BCUT2D eigenvalue weighted by Crippen LogP contribution is -2.26. The van der Waals surface area contributed by atoms with Crippen LogP contribution in [-0.2, 0) is 6.54 Å². The zero-order valence-corrected chi connectivity index (χ0v) is 12.8. The molecule has 0 aliphatic heterocycles. The number of rotatable bonds is 5. The molecule has 1 aromatic carbocycles. The van der Waals surface area contributed by atoms with Crippen molar-refractivity contribution in [3.05, 3.63) is 59.4 Å². The molecule has 0 saturated carbocycles. The Balaban J connectivity index is 2.12. The maximum atomic E-state index is 12.5. The normalized spacial score (nSPS) is 10.2. The third-order valence-electron chi connectivity index (χ3n) is 3.35. The highest BCUT2D eigenvalue weighted by molar-refractivity contribution is 5.95. The van der Waals surface area contributed by atoms with Crippen LogP contribution < -0.4 is 5.32 Å². The Morgan fingerprint density at radius 3 is 2.57 bits per heavy atom. The molecule has 0 aliphatic rings. The summed E-state index contributed by atoms with van der Waals surface area (Å²) in [5, 5.41) is 3.25. The molecule has 4 heteroatoms. The number of nitrogens with one attached hydrogen (secondary N) is 1. The van der Waals surface area contributed by atoms with Gasteiger partial charge < -0.3 is 10.2 Å². The molecule has 1 N–H and O–H groups in total. The van der Waals surface area contributed by atoms with E-state index in [0.717, 1.165) is 28.9 Å². The summed E-state index contributed by atoms with van der Waals surface area (Å²) in [6.45, 7) is 5.47. The van der Waals surface area contributed by atoms with E-state index in [-0.39, 0.29) is 5.91 Å². The van der Waals surface area contributed by atoms with Crippen molar-refractivity contribution in [3.8, 4) is 0 Å². The molecule has 0 saturated heterocycles. The van der Waals surface area contributed by atoms with Crippen LogP contribution >= 0.6 is 0 Å². The van der Waals surface area contributed by atoms with Crippen molar-refractivity contribution in [2.75, 3.05) is 18.9 Å². The highest BCUT2D eigenvalue weighted by Gasteiger charge is 2.14. The highest BCUT2D eigenvalue weighted by atomic mass is 16.2. The zero-order valence-electron chi connectivity index (χ0n) is 12.8. The van der Waals surface area contributed by atoms with Gasteiger partial charge >= 0.3 is 0 Å². The minimum Gasteiger partial charge on any atom is -0.385 e. The zero-order chi connectivity index (χ0) is 15.2. The Kier molecular flexibility index (Phi) is 4.93. The molecule has 0 atom stereocenters. The Morgan fingerprint density at radius 2 is 1.95 bits per heavy atom. The SMILES string of the molecule is CCNc1ccc(C(=O)N(C)Cc2ccncc2)c(C)c1. The Labute approximate surface area is 125 Å². The van der Waals surface area contributed by atoms with Gasteiger partial charge in [0.05, 0.1) is 0 Å². The summed E-state index contributed by atoms with van der Waals surface area (Å²) in [6, 6.07) is 9.69. The lowest BCUT2D eigenvalue weighted by Gasteiger charge is -2.19. The van der Waals surface area contributed by atoms with Gasteiger partial charge in [0.2, 0.25) is 0 Å². The van der Waals surface area contributed by atoms with Gasteiger partial charge in [0.15, 0.2) is 0 Å². The van der Waals surface area contributed by atoms with Crippen LogP contribution in [0.3, 0.4) is 0 Å². The maximum absolute atomic E-state index is 12.5. The molecule has 0 spiro atoms. The number of pyridine rings is 1. The number of carbonyl (C=O) groups excluding carboxylic acids is 1. The first kappa shape index (κ1) is 15.0. The van der Waals surface area contributed by atoms with Crippen molar-refractivity contribution in [1.82, 2.24) is 9.88 Å². The van der Waals surface area contributed by atoms with Crippen LogP contribution in [0.1, 0.15) is 28.4 Å². The third-order valence-corrected chi connectivity index (χ3v) is 3.35. The first-order valence-electron chi connectivity index (χ1n) is 7.10. The number of amides is 1. The molecule has 1 amide bonds. The molecule has 21 heavy (non-hydrogen) atoms. The van der Waals surface area contributed by atoms with Crippen molar-refractivity contribution in [2.24, 2.45) is 0 Å². The van der Waals surface area contributed by atoms with Crippen LogP contribution in [0.2, 0.25) is 0 Å². The number of hydrogen-bond donors (Lipinski definition) is 1. The number of nitrogens with zero attached hydrogens (tertiary/aromatic N) is 2. The number of carbonyl (C=O) groups is 1. The topological polar surface area (TPSA) is 45.2 Å². The minimum atomic E-state index is 0.0346. The second-order valence-corrected chi connectivity index (χ2v) is 5.08. The molecule has 110 valence electrons. The molecule has 4 nitrogen and oxygen atoms in total. The first-order chi connectivity index (χ1) is 10.1. The van der Waals surface area contributed by atoms with Crippen LogP contribution in [0.5, 0.6) is 0 Å². The summed E-state index contributed by atoms with van der Waals surface area (Å²) in [7, 11) is 1.82. The monoisotopic (exact) mass is 283 g/mol. The average Bonchev–Trinajstić information content (AvgIpc) is 2.48. The predicted molar refractivity (Wildman–Crippen MR) is 85.4 cm³/mol. The maximum Gasteiger partial charge on any atom is 0.254 e. The van der Waals surface area contributed by atoms with Crippen LogP contribution in [0.25, 0.3) is 0 Å². The fraction of sp³-hybridized carbons (Fsp3) is 0.294. The summed E-state index contributed by atoms with van der Waals surface area (Å²) in [5.74, 6) is 0.0346. The standard InChI is InChI=1S/C17H21N3O/c1-4-19-15-5-6-16(13(2)11-15)17(21)20(3)12-14-7-9-18-10-8-14/h5-11,19H,4,12H2,1-3H3. The van der Waals surface area contributed by atoms with Gasteiger partial charge in [0, 0.05) is 43.8 Å². The summed E-state index contributed by atoms with van der Waals surface area (Å²) >= 11 is 0. The van der Waals surface area contributed by atoms with Gasteiger partial charge in [-0.2, -0.15) is 0 Å². The molecular weight excluding hydrogens is 262 g/mol. The molecule has 0 fully saturated rings. The minimum absolute atomic E-state index is 0.0346. The number of anilines is 1. The number of hydrogen-bond acceptors (Lipinski definition) is 3. The Bertz CT molecular complexity index is 611. The first-order valence-corrected chi connectivity index (χ1v) is 7.10. The average molecular weight is 283 g/mol. The third kappa shape index (κ3) is 3.81. The fourth-order valence-corrected chi connectivity index (χ4v) is 2.26. The highest BCUT2D eigenvalue weighted by Crippen LogP contribution is 2.17. The molecule has 0 bridgehead atoms. The second kappa shape index (κ2) is 6.88. The van der Waals surface area contributed by atoms with Gasteiger partial charge in [-0.15, -0.1) is 0 Å². The van der Waals surface area contributed by atoms with Gasteiger partial charge in [-0.05, 0) is 55.3 Å². The predicted octanol–water partition coefficient (Wildman–Crippen LogP) is 3.09. The summed E-state index contributed by atoms with van der Waals surface area (Å²) in [4.78, 5) is 18.2. The number of aryl methyl sites for hydroxylation is 1. The van der Waals surface area contributed by atoms with E-state index >= 15 is 0 Å². The van der Waals surface area contributed by atoms with E-state index in [0.29, 0.717) is 6.54 Å². The lowest BCUT2D eigenvalue weighted by molar-refractivity contribution is 0.0784. The van der Waals surface area contributed by atoms with E-state index in [4.69, 9.17) is 0 Å². The summed E-state index contributed by atoms with van der Waals surface area (Å²) in [6.07, 6.45) is 3.48. The Morgan fingerprint density at radius 1 is 1.24 bits per heavy atom. The Hall–Kier alpha value is -2.36. The molecule has 2 aromatic rings. The van der Waals surface area contributed by atoms with Gasteiger partial charge in [0.25, 0.3) is 5.91 Å². The molecule has 1 aromatic heterocycles. The van der Waals surface area contributed by atoms with Gasteiger partial charge in [-0.3, -0.25) is 9.78 Å². The van der Waals surface area contributed by atoms with Crippen LogP contribution in [0.15, 0.2) is 42.7 Å². The van der Waals surface area contributed by atoms with E-state index in [1.54, 1.807) is 17.3 Å². The summed E-state index contributed by atoms with van der Waals surface area (Å²) < 4.78 is 0. The van der Waals surface area contributed by atoms with Crippen LogP contribution in [-0.4, -0.2) is 29.4 Å².